The first kappa shape index (κ1) is 22.6. The van der Waals surface area contributed by atoms with Crippen LogP contribution >= 0.6 is 0 Å². The lowest BCUT2D eigenvalue weighted by atomic mass is 10.1. The minimum atomic E-state index is -0.583. The molecule has 9 nitrogen and oxygen atoms in total. The highest BCUT2D eigenvalue weighted by Gasteiger charge is 2.25. The van der Waals surface area contributed by atoms with Crippen LogP contribution in [0.2, 0.25) is 0 Å². The van der Waals surface area contributed by atoms with Gasteiger partial charge in [-0.2, -0.15) is 5.10 Å². The summed E-state index contributed by atoms with van der Waals surface area (Å²) in [7, 11) is 0. The fourth-order valence-electron chi connectivity index (χ4n) is 4.12. The van der Waals surface area contributed by atoms with Crippen molar-refractivity contribution in [3.05, 3.63) is 65.7 Å². The number of nitrogens with zero attached hydrogens (tertiary/aromatic N) is 6. The first-order chi connectivity index (χ1) is 16.0. The van der Waals surface area contributed by atoms with Gasteiger partial charge in [-0.25, -0.2) is 14.6 Å². The highest BCUT2D eigenvalue weighted by atomic mass is 16.2. The van der Waals surface area contributed by atoms with Gasteiger partial charge in [0.05, 0.1) is 22.6 Å². The van der Waals surface area contributed by atoms with E-state index in [1.54, 1.807) is 24.0 Å². The Morgan fingerprint density at radius 2 is 1.67 bits per heavy atom. The zero-order valence-corrected chi connectivity index (χ0v) is 19.1. The van der Waals surface area contributed by atoms with Crippen molar-refractivity contribution in [2.75, 3.05) is 44.2 Å². The van der Waals surface area contributed by atoms with Crippen LogP contribution in [0, 0.1) is 13.8 Å². The summed E-state index contributed by atoms with van der Waals surface area (Å²) in [5.41, 5.74) is 2.45. The molecule has 3 aromatic rings. The molecular formula is C24H29N7O2. The van der Waals surface area contributed by atoms with Crippen molar-refractivity contribution in [3.8, 4) is 5.69 Å². The third-order valence-electron chi connectivity index (χ3n) is 5.87. The molecule has 9 heteroatoms. The molecule has 1 aromatic carbocycles. The molecule has 2 aromatic heterocycles. The molecule has 0 atom stereocenters. The van der Waals surface area contributed by atoms with E-state index in [4.69, 9.17) is 0 Å². The van der Waals surface area contributed by atoms with Crippen molar-refractivity contribution in [3.63, 3.8) is 0 Å². The quantitative estimate of drug-likeness (QED) is 0.319. The third-order valence-corrected chi connectivity index (χ3v) is 5.87. The van der Waals surface area contributed by atoms with E-state index in [1.165, 1.54) is 0 Å². The van der Waals surface area contributed by atoms with Crippen LogP contribution in [0.4, 0.5) is 5.95 Å². The van der Waals surface area contributed by atoms with Crippen molar-refractivity contribution in [2.45, 2.75) is 20.3 Å². The number of hydrogen-bond acceptors (Lipinski definition) is 7. The zero-order chi connectivity index (χ0) is 23.2. The second-order valence-electron chi connectivity index (χ2n) is 8.11. The molecule has 1 N–H and O–H groups in total. The van der Waals surface area contributed by atoms with Gasteiger partial charge in [-0.05, 0) is 45.0 Å². The first-order valence-corrected chi connectivity index (χ1v) is 11.2. The lowest BCUT2D eigenvalue weighted by Crippen LogP contribution is -2.47. The highest BCUT2D eigenvalue weighted by Crippen LogP contribution is 2.18. The van der Waals surface area contributed by atoms with Crippen molar-refractivity contribution < 1.29 is 9.59 Å². The molecule has 1 saturated heterocycles. The number of carbonyl (C=O) groups excluding carboxylic acids is 2. The van der Waals surface area contributed by atoms with E-state index in [2.05, 4.69) is 30.2 Å². The first-order valence-electron chi connectivity index (χ1n) is 11.2. The Hall–Kier alpha value is -3.59. The van der Waals surface area contributed by atoms with Gasteiger partial charge >= 0.3 is 0 Å². The minimum Gasteiger partial charge on any atom is -0.349 e. The second kappa shape index (κ2) is 10.4. The zero-order valence-electron chi connectivity index (χ0n) is 19.1. The molecule has 0 radical (unpaired) electrons. The molecular weight excluding hydrogens is 418 g/mol. The lowest BCUT2D eigenvalue weighted by Gasteiger charge is -2.34. The monoisotopic (exact) mass is 447 g/mol. The van der Waals surface area contributed by atoms with E-state index in [0.717, 1.165) is 50.8 Å². The highest BCUT2D eigenvalue weighted by molar-refractivity contribution is 6.43. The standard InChI is InChI=1S/C24H29N7O2/c1-18-21(19(2)31(28-18)20-8-4-3-5-9-20)22(32)23(33)25-12-7-13-29-14-16-30(17-15-29)24-26-10-6-11-27-24/h3-6,8-11H,7,12-17H2,1-2H3,(H,25,33). The predicted molar refractivity (Wildman–Crippen MR) is 126 cm³/mol. The second-order valence-corrected chi connectivity index (χ2v) is 8.11. The molecule has 0 saturated carbocycles. The van der Waals surface area contributed by atoms with Crippen LogP contribution in [-0.2, 0) is 4.79 Å². The molecule has 172 valence electrons. The van der Waals surface area contributed by atoms with Gasteiger partial charge in [0.2, 0.25) is 5.95 Å². The Labute approximate surface area is 193 Å². The summed E-state index contributed by atoms with van der Waals surface area (Å²) in [6.45, 7) is 8.47. The lowest BCUT2D eigenvalue weighted by molar-refractivity contribution is -0.117. The normalized spacial score (nSPS) is 14.3. The van der Waals surface area contributed by atoms with Gasteiger partial charge in [-0.15, -0.1) is 0 Å². The van der Waals surface area contributed by atoms with E-state index >= 15 is 0 Å². The molecule has 33 heavy (non-hydrogen) atoms. The number of Topliss-reactive ketones (excluding diaryl/α,β-unsaturated/α-hetero) is 1. The van der Waals surface area contributed by atoms with Crippen LogP contribution in [0.3, 0.4) is 0 Å². The number of rotatable bonds is 8. The van der Waals surface area contributed by atoms with Gasteiger partial charge < -0.3 is 10.2 Å². The third kappa shape index (κ3) is 5.25. The number of benzene rings is 1. The van der Waals surface area contributed by atoms with Crippen LogP contribution in [0.15, 0.2) is 48.8 Å². The van der Waals surface area contributed by atoms with Crippen LogP contribution < -0.4 is 10.2 Å². The average molecular weight is 448 g/mol. The maximum Gasteiger partial charge on any atom is 0.292 e. The molecule has 1 aliphatic rings. The summed E-state index contributed by atoms with van der Waals surface area (Å²) in [6.07, 6.45) is 4.30. The molecule has 0 spiro atoms. The maximum absolute atomic E-state index is 12.8. The molecule has 0 bridgehead atoms. The number of aryl methyl sites for hydroxylation is 1. The van der Waals surface area contributed by atoms with Crippen LogP contribution in [0.1, 0.15) is 28.2 Å². The fourth-order valence-corrected chi connectivity index (χ4v) is 4.12. The largest absolute Gasteiger partial charge is 0.349 e. The van der Waals surface area contributed by atoms with E-state index < -0.39 is 11.7 Å². The summed E-state index contributed by atoms with van der Waals surface area (Å²) < 4.78 is 1.70. The average Bonchev–Trinajstić information content (AvgIpc) is 3.16. The Kier molecular flexibility index (Phi) is 7.09. The SMILES string of the molecule is Cc1nn(-c2ccccc2)c(C)c1C(=O)C(=O)NCCCN1CCN(c2ncccn2)CC1. The molecule has 4 rings (SSSR count). The Bertz CT molecular complexity index is 1090. The Balaban J connectivity index is 1.24. The number of nitrogens with one attached hydrogen (secondary N) is 1. The van der Waals surface area contributed by atoms with E-state index in [9.17, 15) is 9.59 Å². The Morgan fingerprint density at radius 3 is 2.36 bits per heavy atom. The number of para-hydroxylation sites is 1. The number of ketones is 1. The van der Waals surface area contributed by atoms with Gasteiger partial charge in [0.25, 0.3) is 11.7 Å². The number of hydrogen-bond donors (Lipinski definition) is 1. The van der Waals surface area contributed by atoms with Gasteiger partial charge in [-0.3, -0.25) is 14.5 Å². The molecule has 1 aliphatic heterocycles. The smallest absolute Gasteiger partial charge is 0.292 e. The fraction of sp³-hybridized carbons (Fsp3) is 0.375. The maximum atomic E-state index is 12.8. The van der Waals surface area contributed by atoms with Gasteiger partial charge in [0.1, 0.15) is 0 Å². The topological polar surface area (TPSA) is 96.2 Å². The van der Waals surface area contributed by atoms with Gasteiger partial charge in [0.15, 0.2) is 0 Å². The van der Waals surface area contributed by atoms with E-state index in [-0.39, 0.29) is 0 Å². The number of piperazine rings is 1. The van der Waals surface area contributed by atoms with Crippen molar-refractivity contribution in [1.82, 2.24) is 30.0 Å². The van der Waals surface area contributed by atoms with Crippen LogP contribution in [0.25, 0.3) is 5.69 Å². The number of carbonyl (C=O) groups is 2. The summed E-state index contributed by atoms with van der Waals surface area (Å²) in [4.78, 5) is 38.5. The molecule has 1 fully saturated rings. The summed E-state index contributed by atoms with van der Waals surface area (Å²) in [5.74, 6) is -0.354. The van der Waals surface area contributed by atoms with Gasteiger partial charge in [-0.1, -0.05) is 18.2 Å². The van der Waals surface area contributed by atoms with Crippen LogP contribution in [-0.4, -0.2) is 75.6 Å². The molecule has 3 heterocycles. The summed E-state index contributed by atoms with van der Waals surface area (Å²) in [5, 5.41) is 7.24. The molecule has 1 amide bonds. The van der Waals surface area contributed by atoms with Crippen molar-refractivity contribution >= 4 is 17.6 Å². The summed E-state index contributed by atoms with van der Waals surface area (Å²) in [6, 6.07) is 11.4. The van der Waals surface area contributed by atoms with E-state index in [1.807, 2.05) is 43.3 Å². The minimum absolute atomic E-state index is 0.371. The molecule has 0 aliphatic carbocycles. The number of amides is 1. The van der Waals surface area contributed by atoms with Crippen molar-refractivity contribution in [1.29, 1.82) is 0 Å². The number of anilines is 1. The predicted octanol–water partition coefficient (Wildman–Crippen LogP) is 1.79. The molecule has 0 unspecified atom stereocenters. The van der Waals surface area contributed by atoms with Gasteiger partial charge in [0, 0.05) is 45.1 Å². The summed E-state index contributed by atoms with van der Waals surface area (Å²) >= 11 is 0. The van der Waals surface area contributed by atoms with Crippen LogP contribution in [0.5, 0.6) is 0 Å². The Morgan fingerprint density at radius 1 is 0.970 bits per heavy atom. The number of aromatic nitrogens is 4. The van der Waals surface area contributed by atoms with Crippen molar-refractivity contribution in [2.24, 2.45) is 0 Å². The van der Waals surface area contributed by atoms with E-state index in [0.29, 0.717) is 23.5 Å².